The highest BCUT2D eigenvalue weighted by Gasteiger charge is 2.17. The number of hydrogen-bond acceptors (Lipinski definition) is 3. The van der Waals surface area contributed by atoms with Crippen LogP contribution in [0, 0.1) is 5.92 Å². The van der Waals surface area contributed by atoms with Crippen molar-refractivity contribution in [3.63, 3.8) is 0 Å². The molecule has 0 saturated carbocycles. The van der Waals surface area contributed by atoms with Crippen molar-refractivity contribution >= 4 is 0 Å². The lowest BCUT2D eigenvalue weighted by Gasteiger charge is -2.31. The third kappa shape index (κ3) is 4.40. The van der Waals surface area contributed by atoms with Gasteiger partial charge in [0.2, 0.25) is 0 Å². The fourth-order valence-electron chi connectivity index (χ4n) is 1.92. The van der Waals surface area contributed by atoms with E-state index in [9.17, 15) is 5.11 Å². The Kier molecular flexibility index (Phi) is 5.45. The number of nitrogens with one attached hydrogen (secondary N) is 1. The van der Waals surface area contributed by atoms with Gasteiger partial charge >= 0.3 is 0 Å². The van der Waals surface area contributed by atoms with E-state index in [-0.39, 0.29) is 6.10 Å². The van der Waals surface area contributed by atoms with Crippen LogP contribution in [-0.4, -0.2) is 48.8 Å². The summed E-state index contributed by atoms with van der Waals surface area (Å²) in [7, 11) is 0. The molecule has 3 heteroatoms. The van der Waals surface area contributed by atoms with Gasteiger partial charge < -0.3 is 15.3 Å². The van der Waals surface area contributed by atoms with Crippen molar-refractivity contribution in [2.24, 2.45) is 5.92 Å². The summed E-state index contributed by atoms with van der Waals surface area (Å²) >= 11 is 0. The molecule has 0 aromatic rings. The Hall–Kier alpha value is -0.120. The zero-order chi connectivity index (χ0) is 10.4. The molecule has 1 fully saturated rings. The van der Waals surface area contributed by atoms with Gasteiger partial charge in [0, 0.05) is 13.1 Å². The molecule has 0 bridgehead atoms. The molecule has 0 aliphatic carbocycles. The van der Waals surface area contributed by atoms with Crippen LogP contribution in [0.3, 0.4) is 0 Å². The predicted molar refractivity (Wildman–Crippen MR) is 59.4 cm³/mol. The van der Waals surface area contributed by atoms with Crippen LogP contribution in [0.2, 0.25) is 0 Å². The largest absolute Gasteiger partial charge is 0.390 e. The molecular weight excluding hydrogens is 176 g/mol. The summed E-state index contributed by atoms with van der Waals surface area (Å²) in [5.41, 5.74) is 0. The number of piperidine rings is 1. The Labute approximate surface area is 87.5 Å². The highest BCUT2D eigenvalue weighted by atomic mass is 16.3. The molecule has 2 N–H and O–H groups in total. The smallest absolute Gasteiger partial charge is 0.0791 e. The zero-order valence-electron chi connectivity index (χ0n) is 9.50. The molecule has 0 radical (unpaired) electrons. The number of nitrogens with zero attached hydrogens (tertiary/aromatic N) is 1. The summed E-state index contributed by atoms with van der Waals surface area (Å²) in [4.78, 5) is 2.38. The van der Waals surface area contributed by atoms with E-state index in [1.165, 1.54) is 12.8 Å². The molecule has 1 unspecified atom stereocenters. The number of likely N-dealkylation sites (tertiary alicyclic amines) is 1. The first-order chi connectivity index (χ1) is 6.72. The van der Waals surface area contributed by atoms with Crippen molar-refractivity contribution in [1.29, 1.82) is 0 Å². The topological polar surface area (TPSA) is 35.5 Å². The molecule has 1 aliphatic rings. The Bertz CT molecular complexity index is 144. The molecule has 1 heterocycles. The Morgan fingerprint density at radius 2 is 2.07 bits per heavy atom. The summed E-state index contributed by atoms with van der Waals surface area (Å²) in [6, 6.07) is 0. The fourth-order valence-corrected chi connectivity index (χ4v) is 1.92. The maximum absolute atomic E-state index is 9.69. The van der Waals surface area contributed by atoms with Crippen molar-refractivity contribution < 1.29 is 5.11 Å². The van der Waals surface area contributed by atoms with Crippen LogP contribution in [-0.2, 0) is 0 Å². The monoisotopic (exact) mass is 200 g/mol. The quantitative estimate of drug-likeness (QED) is 0.685. The van der Waals surface area contributed by atoms with Gasteiger partial charge in [-0.05, 0) is 38.4 Å². The minimum atomic E-state index is -0.205. The summed E-state index contributed by atoms with van der Waals surface area (Å²) in [5, 5.41) is 12.9. The van der Waals surface area contributed by atoms with Gasteiger partial charge in [0.15, 0.2) is 0 Å². The SMILES string of the molecule is CCNCC(O)CN1CCC(C)CC1. The second kappa shape index (κ2) is 6.38. The standard InChI is InChI=1S/C11H24N2O/c1-3-12-8-11(14)9-13-6-4-10(2)5-7-13/h10-12,14H,3-9H2,1-2H3. The Morgan fingerprint density at radius 3 is 2.64 bits per heavy atom. The lowest BCUT2D eigenvalue weighted by atomic mass is 9.99. The molecule has 3 nitrogen and oxygen atoms in total. The van der Waals surface area contributed by atoms with Crippen LogP contribution >= 0.6 is 0 Å². The number of rotatable bonds is 5. The lowest BCUT2D eigenvalue weighted by Crippen LogP contribution is -2.41. The van der Waals surface area contributed by atoms with Crippen LogP contribution in [0.5, 0.6) is 0 Å². The number of likely N-dealkylation sites (N-methyl/N-ethyl adjacent to an activating group) is 1. The average molecular weight is 200 g/mol. The van der Waals surface area contributed by atoms with E-state index in [2.05, 4.69) is 24.1 Å². The minimum absolute atomic E-state index is 0.205. The summed E-state index contributed by atoms with van der Waals surface area (Å²) in [6.45, 7) is 9.19. The molecular formula is C11H24N2O. The van der Waals surface area contributed by atoms with E-state index in [1.807, 2.05) is 0 Å². The summed E-state index contributed by atoms with van der Waals surface area (Å²) < 4.78 is 0. The molecule has 14 heavy (non-hydrogen) atoms. The fraction of sp³-hybridized carbons (Fsp3) is 1.00. The third-order valence-electron chi connectivity index (χ3n) is 2.98. The molecule has 1 rings (SSSR count). The number of hydrogen-bond donors (Lipinski definition) is 2. The number of β-amino-alcohol motifs (C(OH)–C–C–N with tert-alkyl or cyclic N) is 1. The summed E-state index contributed by atoms with van der Waals surface area (Å²) in [5.74, 6) is 0.872. The number of aliphatic hydroxyl groups is 1. The van der Waals surface area contributed by atoms with Gasteiger partial charge in [-0.15, -0.1) is 0 Å². The van der Waals surface area contributed by atoms with Gasteiger partial charge in [-0.2, -0.15) is 0 Å². The second-order valence-electron chi connectivity index (χ2n) is 4.44. The van der Waals surface area contributed by atoms with E-state index >= 15 is 0 Å². The van der Waals surface area contributed by atoms with E-state index in [4.69, 9.17) is 0 Å². The van der Waals surface area contributed by atoms with Crippen LogP contribution in [0.4, 0.5) is 0 Å². The van der Waals surface area contributed by atoms with Gasteiger partial charge in [-0.3, -0.25) is 0 Å². The second-order valence-corrected chi connectivity index (χ2v) is 4.44. The van der Waals surface area contributed by atoms with Gasteiger partial charge in [0.05, 0.1) is 6.10 Å². The molecule has 0 aromatic carbocycles. The van der Waals surface area contributed by atoms with Gasteiger partial charge in [0.1, 0.15) is 0 Å². The van der Waals surface area contributed by atoms with Gasteiger partial charge in [-0.25, -0.2) is 0 Å². The van der Waals surface area contributed by atoms with Crippen LogP contribution in [0.1, 0.15) is 26.7 Å². The summed E-state index contributed by atoms with van der Waals surface area (Å²) in [6.07, 6.45) is 2.37. The molecule has 1 atom stereocenters. The average Bonchev–Trinajstić information content (AvgIpc) is 2.18. The maximum atomic E-state index is 9.69. The highest BCUT2D eigenvalue weighted by molar-refractivity contribution is 4.72. The Morgan fingerprint density at radius 1 is 1.43 bits per heavy atom. The van der Waals surface area contributed by atoms with E-state index in [0.717, 1.165) is 38.6 Å². The molecule has 0 aromatic heterocycles. The van der Waals surface area contributed by atoms with Gasteiger partial charge in [-0.1, -0.05) is 13.8 Å². The van der Waals surface area contributed by atoms with Crippen LogP contribution in [0.15, 0.2) is 0 Å². The first-order valence-corrected chi connectivity index (χ1v) is 5.83. The van der Waals surface area contributed by atoms with E-state index < -0.39 is 0 Å². The van der Waals surface area contributed by atoms with Gasteiger partial charge in [0.25, 0.3) is 0 Å². The normalized spacial score (nSPS) is 22.5. The Balaban J connectivity index is 2.10. The van der Waals surface area contributed by atoms with Crippen molar-refractivity contribution in [2.75, 3.05) is 32.7 Å². The molecule has 0 amide bonds. The lowest BCUT2D eigenvalue weighted by molar-refractivity contribution is 0.0912. The molecule has 1 saturated heterocycles. The minimum Gasteiger partial charge on any atom is -0.390 e. The maximum Gasteiger partial charge on any atom is 0.0791 e. The first-order valence-electron chi connectivity index (χ1n) is 5.83. The van der Waals surface area contributed by atoms with E-state index in [0.29, 0.717) is 0 Å². The molecule has 84 valence electrons. The van der Waals surface area contributed by atoms with Crippen LogP contribution < -0.4 is 5.32 Å². The first kappa shape index (κ1) is 12.0. The van der Waals surface area contributed by atoms with Crippen molar-refractivity contribution in [3.8, 4) is 0 Å². The van der Waals surface area contributed by atoms with Crippen LogP contribution in [0.25, 0.3) is 0 Å². The highest BCUT2D eigenvalue weighted by Crippen LogP contribution is 2.15. The van der Waals surface area contributed by atoms with Crippen molar-refractivity contribution in [3.05, 3.63) is 0 Å². The third-order valence-corrected chi connectivity index (χ3v) is 2.98. The molecule has 0 spiro atoms. The number of aliphatic hydroxyl groups excluding tert-OH is 1. The van der Waals surface area contributed by atoms with Crippen molar-refractivity contribution in [2.45, 2.75) is 32.8 Å². The van der Waals surface area contributed by atoms with Crippen molar-refractivity contribution in [1.82, 2.24) is 10.2 Å². The zero-order valence-corrected chi connectivity index (χ0v) is 9.50. The molecule has 1 aliphatic heterocycles. The predicted octanol–water partition coefficient (Wildman–Crippen LogP) is 0.689. The van der Waals surface area contributed by atoms with E-state index in [1.54, 1.807) is 0 Å².